The number of carbonyl (C=O) groups is 4. The van der Waals surface area contributed by atoms with Crippen molar-refractivity contribution in [2.45, 2.75) is 39.9 Å². The highest BCUT2D eigenvalue weighted by Crippen LogP contribution is 2.22. The molecule has 0 spiro atoms. The Labute approximate surface area is 251 Å². The van der Waals surface area contributed by atoms with Gasteiger partial charge in [0.25, 0.3) is 0 Å². The zero-order valence-electron chi connectivity index (χ0n) is 24.4. The molecular weight excluding hydrogens is 552 g/mol. The third kappa shape index (κ3) is 11.0. The summed E-state index contributed by atoms with van der Waals surface area (Å²) in [6.07, 6.45) is 1.65. The molecule has 0 aliphatic carbocycles. The molecule has 0 saturated carbocycles. The number of carboxylic acid groups (broad SMARTS) is 2. The van der Waals surface area contributed by atoms with Crippen LogP contribution in [0.1, 0.15) is 37.0 Å². The monoisotopic (exact) mass is 590 g/mol. The highest BCUT2D eigenvalue weighted by molar-refractivity contribution is 5.71. The van der Waals surface area contributed by atoms with Gasteiger partial charge in [-0.1, -0.05) is 92.7 Å². The molecule has 0 aliphatic rings. The fraction of sp³-hybridized carbons (Fsp3) is 0.333. The first kappa shape index (κ1) is 33.0. The van der Waals surface area contributed by atoms with E-state index in [9.17, 15) is 29.4 Å². The predicted octanol–water partition coefficient (Wildman–Crippen LogP) is 4.82. The zero-order chi connectivity index (χ0) is 31.2. The summed E-state index contributed by atoms with van der Waals surface area (Å²) in [5, 5.41) is 21.2. The third-order valence-electron chi connectivity index (χ3n) is 6.85. The van der Waals surface area contributed by atoms with E-state index in [-0.39, 0.29) is 38.6 Å². The lowest BCUT2D eigenvalue weighted by Crippen LogP contribution is -2.33. The highest BCUT2D eigenvalue weighted by Gasteiger charge is 2.23. The maximum atomic E-state index is 11.9. The zero-order valence-corrected chi connectivity index (χ0v) is 24.4. The van der Waals surface area contributed by atoms with Crippen LogP contribution in [0.25, 0.3) is 11.1 Å². The molecule has 43 heavy (non-hydrogen) atoms. The van der Waals surface area contributed by atoms with Crippen LogP contribution in [0.15, 0.2) is 78.9 Å². The van der Waals surface area contributed by atoms with E-state index in [1.807, 2.05) is 92.7 Å². The number of carboxylic acids is 2. The van der Waals surface area contributed by atoms with Crippen molar-refractivity contribution >= 4 is 24.8 Å². The molecule has 0 aromatic heterocycles. The topological polar surface area (TPSA) is 134 Å². The number of aliphatic carboxylic acids is 2. The number of nitrogens with zero attached hydrogens (tertiary/aromatic N) is 2. The Balaban J connectivity index is 1.55. The summed E-state index contributed by atoms with van der Waals surface area (Å²) in [5.74, 6) is -3.38. The molecule has 3 aromatic carbocycles. The number of hydrogen-bond donors (Lipinski definition) is 2. The van der Waals surface area contributed by atoms with Gasteiger partial charge in [-0.25, -0.2) is 10.1 Å². The first-order chi connectivity index (χ1) is 20.7. The summed E-state index contributed by atoms with van der Waals surface area (Å²) in [6.45, 7) is 4.00. The van der Waals surface area contributed by atoms with Gasteiger partial charge in [-0.3, -0.25) is 28.9 Å². The lowest BCUT2D eigenvalue weighted by molar-refractivity contribution is -0.184. The van der Waals surface area contributed by atoms with E-state index in [0.717, 1.165) is 37.9 Å². The van der Waals surface area contributed by atoms with E-state index >= 15 is 0 Å². The van der Waals surface area contributed by atoms with Crippen LogP contribution in [0.4, 0.5) is 0 Å². The molecule has 10 heteroatoms. The number of rotatable bonds is 19. The van der Waals surface area contributed by atoms with E-state index in [0.29, 0.717) is 19.2 Å². The van der Waals surface area contributed by atoms with Crippen LogP contribution in [0, 0.1) is 17.8 Å². The van der Waals surface area contributed by atoms with E-state index < -0.39 is 23.8 Å². The molecule has 0 radical (unpaired) electrons. The molecule has 10 nitrogen and oxygen atoms in total. The number of amides is 2. The van der Waals surface area contributed by atoms with Crippen molar-refractivity contribution in [1.82, 2.24) is 10.1 Å². The van der Waals surface area contributed by atoms with Gasteiger partial charge in [0, 0.05) is 0 Å². The van der Waals surface area contributed by atoms with Crippen molar-refractivity contribution < 1.29 is 39.1 Å². The van der Waals surface area contributed by atoms with Crippen LogP contribution in [0.3, 0.4) is 0 Å². The summed E-state index contributed by atoms with van der Waals surface area (Å²) in [7, 11) is 0. The molecule has 2 unspecified atom stereocenters. The summed E-state index contributed by atoms with van der Waals surface area (Å²) in [5.41, 5.74) is 4.34. The fourth-order valence-electron chi connectivity index (χ4n) is 4.54. The van der Waals surface area contributed by atoms with Crippen molar-refractivity contribution in [3.63, 3.8) is 0 Å². The van der Waals surface area contributed by atoms with E-state index in [4.69, 9.17) is 9.68 Å². The predicted molar refractivity (Wildman–Crippen MR) is 159 cm³/mol. The number of hydroxylamine groups is 4. The van der Waals surface area contributed by atoms with Crippen LogP contribution in [0.5, 0.6) is 0 Å². The fourth-order valence-corrected chi connectivity index (χ4v) is 4.54. The molecule has 3 aromatic rings. The molecule has 0 bridgehead atoms. The van der Waals surface area contributed by atoms with E-state index in [1.54, 1.807) is 0 Å². The Morgan fingerprint density at radius 2 is 1.12 bits per heavy atom. The van der Waals surface area contributed by atoms with Crippen molar-refractivity contribution in [2.75, 3.05) is 13.1 Å². The minimum absolute atomic E-state index is 0.0297. The maximum absolute atomic E-state index is 11.9. The highest BCUT2D eigenvalue weighted by atomic mass is 16.7. The molecule has 3 rings (SSSR count). The molecule has 0 fully saturated rings. The third-order valence-corrected chi connectivity index (χ3v) is 6.85. The molecule has 2 amide bonds. The Morgan fingerprint density at radius 3 is 1.56 bits per heavy atom. The maximum Gasteiger partial charge on any atom is 0.308 e. The van der Waals surface area contributed by atoms with Crippen molar-refractivity contribution in [1.29, 1.82) is 0 Å². The summed E-state index contributed by atoms with van der Waals surface area (Å²) < 4.78 is 0. The second kappa shape index (κ2) is 16.8. The van der Waals surface area contributed by atoms with Gasteiger partial charge in [0.05, 0.1) is 24.9 Å². The number of carbonyl (C=O) groups excluding carboxylic acids is 2. The number of benzene rings is 3. The first-order valence-corrected chi connectivity index (χ1v) is 14.1. The van der Waals surface area contributed by atoms with Gasteiger partial charge in [0.1, 0.15) is 13.2 Å². The normalized spacial score (nSPS) is 12.3. The second-order valence-corrected chi connectivity index (χ2v) is 10.7. The lowest BCUT2D eigenvalue weighted by Gasteiger charge is -2.22. The Bertz CT molecular complexity index is 1310. The number of hydrogen-bond acceptors (Lipinski definition) is 6. The molecule has 0 heterocycles. The SMILES string of the molecule is CC(C)CC(CN(C=O)OCc1ccc(-c2ccc(CC(CN(C=O)OCc3ccccc3)C(=O)O)cc2)cc1)C(=O)O. The molecule has 228 valence electrons. The first-order valence-electron chi connectivity index (χ1n) is 14.1. The van der Waals surface area contributed by atoms with E-state index in [1.165, 1.54) is 0 Å². The van der Waals surface area contributed by atoms with Gasteiger partial charge in [0.2, 0.25) is 12.8 Å². The van der Waals surface area contributed by atoms with Crippen LogP contribution in [0.2, 0.25) is 0 Å². The molecule has 0 aliphatic heterocycles. The lowest BCUT2D eigenvalue weighted by atomic mass is 9.96. The molecular formula is C33H38N2O8. The Hall–Kier alpha value is -4.54. The van der Waals surface area contributed by atoms with Crippen molar-refractivity contribution in [3.05, 3.63) is 95.6 Å². The van der Waals surface area contributed by atoms with Gasteiger partial charge in [-0.15, -0.1) is 0 Å². The largest absolute Gasteiger partial charge is 0.481 e. The van der Waals surface area contributed by atoms with Gasteiger partial charge in [0.15, 0.2) is 0 Å². The molecule has 2 atom stereocenters. The summed E-state index contributed by atoms with van der Waals surface area (Å²) in [6, 6.07) is 24.3. The Morgan fingerprint density at radius 1 is 0.674 bits per heavy atom. The van der Waals surface area contributed by atoms with Gasteiger partial charge in [-0.2, -0.15) is 0 Å². The van der Waals surface area contributed by atoms with Gasteiger partial charge in [-0.05, 0) is 46.6 Å². The van der Waals surface area contributed by atoms with Crippen LogP contribution in [-0.4, -0.2) is 58.2 Å². The standard InChI is InChI=1S/C33H38N2O8/c1-24(2)16-30(32(38)39)18-34(22-36)43-21-27-10-14-29(15-11-27)28-12-8-25(9-13-28)17-31(33(40)41)19-35(23-37)42-20-26-6-4-3-5-7-26/h3-15,22-24,30-31H,16-21H2,1-2H3,(H,38,39)(H,40,41). The van der Waals surface area contributed by atoms with Crippen molar-refractivity contribution in [2.24, 2.45) is 17.8 Å². The van der Waals surface area contributed by atoms with Gasteiger partial charge >= 0.3 is 11.9 Å². The van der Waals surface area contributed by atoms with Gasteiger partial charge < -0.3 is 10.2 Å². The minimum atomic E-state index is -1.02. The minimum Gasteiger partial charge on any atom is -0.481 e. The summed E-state index contributed by atoms with van der Waals surface area (Å²) >= 11 is 0. The average Bonchev–Trinajstić information content (AvgIpc) is 3.01. The quantitative estimate of drug-likeness (QED) is 0.150. The average molecular weight is 591 g/mol. The van der Waals surface area contributed by atoms with Crippen LogP contribution < -0.4 is 0 Å². The van der Waals surface area contributed by atoms with E-state index in [2.05, 4.69) is 0 Å². The summed E-state index contributed by atoms with van der Waals surface area (Å²) in [4.78, 5) is 57.5. The molecule has 2 N–H and O–H groups in total. The Kier molecular flexibility index (Phi) is 12.9. The second-order valence-electron chi connectivity index (χ2n) is 10.7. The van der Waals surface area contributed by atoms with Crippen LogP contribution >= 0.6 is 0 Å². The molecule has 0 saturated heterocycles. The van der Waals surface area contributed by atoms with Crippen molar-refractivity contribution in [3.8, 4) is 11.1 Å². The smallest absolute Gasteiger partial charge is 0.308 e. The van der Waals surface area contributed by atoms with Crippen LogP contribution in [-0.2, 0) is 48.5 Å².